The van der Waals surface area contributed by atoms with Crippen LogP contribution in [0.3, 0.4) is 0 Å². The molecule has 2 rings (SSSR count). The second kappa shape index (κ2) is 7.08. The van der Waals surface area contributed by atoms with Gasteiger partial charge in [0.15, 0.2) is 0 Å². The topological polar surface area (TPSA) is 69.6 Å². The predicted octanol–water partition coefficient (Wildman–Crippen LogP) is 2.50. The van der Waals surface area contributed by atoms with Crippen molar-refractivity contribution in [1.82, 2.24) is 4.90 Å². The molecule has 126 valence electrons. The zero-order valence-corrected chi connectivity index (χ0v) is 13.7. The summed E-state index contributed by atoms with van der Waals surface area (Å²) < 4.78 is 13.8. The molecule has 23 heavy (non-hydrogen) atoms. The fourth-order valence-electron chi connectivity index (χ4n) is 3.01. The molecule has 5 nitrogen and oxygen atoms in total. The SMILES string of the molecule is Cc1ccc(NC(=O)C(C)N2CC(C)CC(C(=O)O)C2)c(F)c1. The van der Waals surface area contributed by atoms with Crippen molar-refractivity contribution >= 4 is 17.6 Å². The van der Waals surface area contributed by atoms with E-state index < -0.39 is 23.7 Å². The molecule has 0 radical (unpaired) electrons. The largest absolute Gasteiger partial charge is 0.481 e. The van der Waals surface area contributed by atoms with Gasteiger partial charge in [-0.25, -0.2) is 4.39 Å². The van der Waals surface area contributed by atoms with Crippen LogP contribution in [0.2, 0.25) is 0 Å². The molecular weight excluding hydrogens is 299 g/mol. The number of halogens is 1. The Bertz CT molecular complexity index is 606. The Hall–Kier alpha value is -1.95. The van der Waals surface area contributed by atoms with Crippen LogP contribution in [-0.4, -0.2) is 41.0 Å². The molecule has 3 atom stereocenters. The Kier molecular flexibility index (Phi) is 5.36. The number of anilines is 1. The van der Waals surface area contributed by atoms with Crippen LogP contribution in [0.15, 0.2) is 18.2 Å². The predicted molar refractivity (Wildman–Crippen MR) is 85.7 cm³/mol. The maximum atomic E-state index is 13.8. The number of piperidine rings is 1. The molecule has 1 aromatic rings. The lowest BCUT2D eigenvalue weighted by atomic mass is 9.89. The third-order valence-corrected chi connectivity index (χ3v) is 4.35. The van der Waals surface area contributed by atoms with Gasteiger partial charge in [-0.3, -0.25) is 14.5 Å². The maximum Gasteiger partial charge on any atom is 0.307 e. The van der Waals surface area contributed by atoms with E-state index >= 15 is 0 Å². The van der Waals surface area contributed by atoms with E-state index in [1.54, 1.807) is 19.9 Å². The summed E-state index contributed by atoms with van der Waals surface area (Å²) in [5.74, 6) is -1.90. The molecule has 0 spiro atoms. The van der Waals surface area contributed by atoms with Crippen molar-refractivity contribution in [2.45, 2.75) is 33.2 Å². The number of rotatable bonds is 4. The van der Waals surface area contributed by atoms with E-state index in [2.05, 4.69) is 5.32 Å². The van der Waals surface area contributed by atoms with Crippen molar-refractivity contribution < 1.29 is 19.1 Å². The van der Waals surface area contributed by atoms with Gasteiger partial charge in [0.1, 0.15) is 5.82 Å². The first-order valence-electron chi connectivity index (χ1n) is 7.81. The first-order valence-corrected chi connectivity index (χ1v) is 7.81. The number of carbonyl (C=O) groups excluding carboxylic acids is 1. The van der Waals surface area contributed by atoms with Gasteiger partial charge in [-0.15, -0.1) is 0 Å². The molecule has 0 bridgehead atoms. The lowest BCUT2D eigenvalue weighted by Gasteiger charge is -2.37. The lowest BCUT2D eigenvalue weighted by Crippen LogP contribution is -2.50. The van der Waals surface area contributed by atoms with E-state index in [1.165, 1.54) is 12.1 Å². The van der Waals surface area contributed by atoms with E-state index in [0.29, 0.717) is 19.5 Å². The smallest absolute Gasteiger partial charge is 0.307 e. The highest BCUT2D eigenvalue weighted by molar-refractivity contribution is 5.94. The first-order chi connectivity index (χ1) is 10.8. The maximum absolute atomic E-state index is 13.8. The number of aryl methyl sites for hydroxylation is 1. The average Bonchev–Trinajstić information content (AvgIpc) is 2.48. The van der Waals surface area contributed by atoms with Gasteiger partial charge in [0, 0.05) is 13.1 Å². The third-order valence-electron chi connectivity index (χ3n) is 4.35. The Morgan fingerprint density at radius 3 is 2.70 bits per heavy atom. The number of likely N-dealkylation sites (tertiary alicyclic amines) is 1. The van der Waals surface area contributed by atoms with Gasteiger partial charge < -0.3 is 10.4 Å². The molecule has 1 aliphatic rings. The summed E-state index contributed by atoms with van der Waals surface area (Å²) in [6.07, 6.45) is 0.618. The van der Waals surface area contributed by atoms with E-state index in [9.17, 15) is 19.1 Å². The summed E-state index contributed by atoms with van der Waals surface area (Å²) in [5.41, 5.74) is 0.926. The Balaban J connectivity index is 2.05. The fraction of sp³-hybridized carbons (Fsp3) is 0.529. The van der Waals surface area contributed by atoms with Crippen molar-refractivity contribution in [2.24, 2.45) is 11.8 Å². The Morgan fingerprint density at radius 2 is 2.09 bits per heavy atom. The summed E-state index contributed by atoms with van der Waals surface area (Å²) in [6, 6.07) is 4.12. The van der Waals surface area contributed by atoms with E-state index in [-0.39, 0.29) is 17.5 Å². The van der Waals surface area contributed by atoms with Crippen LogP contribution in [0.25, 0.3) is 0 Å². The first kappa shape index (κ1) is 17.4. The molecule has 1 fully saturated rings. The van der Waals surface area contributed by atoms with Gasteiger partial charge in [-0.2, -0.15) is 0 Å². The highest BCUT2D eigenvalue weighted by atomic mass is 19.1. The van der Waals surface area contributed by atoms with Gasteiger partial charge in [0.05, 0.1) is 17.6 Å². The number of hydrogen-bond donors (Lipinski definition) is 2. The van der Waals surface area contributed by atoms with Crippen molar-refractivity contribution in [2.75, 3.05) is 18.4 Å². The minimum absolute atomic E-state index is 0.146. The van der Waals surface area contributed by atoms with Crippen LogP contribution in [0.1, 0.15) is 25.8 Å². The van der Waals surface area contributed by atoms with Crippen LogP contribution in [-0.2, 0) is 9.59 Å². The molecule has 2 N–H and O–H groups in total. The molecule has 3 unspecified atom stereocenters. The minimum Gasteiger partial charge on any atom is -0.481 e. The van der Waals surface area contributed by atoms with Crippen molar-refractivity contribution in [3.8, 4) is 0 Å². The van der Waals surface area contributed by atoms with Crippen LogP contribution < -0.4 is 5.32 Å². The average molecular weight is 322 g/mol. The highest BCUT2D eigenvalue weighted by Gasteiger charge is 2.33. The van der Waals surface area contributed by atoms with Gasteiger partial charge in [-0.1, -0.05) is 13.0 Å². The Morgan fingerprint density at radius 1 is 1.39 bits per heavy atom. The zero-order chi connectivity index (χ0) is 17.1. The number of amides is 1. The number of aliphatic carboxylic acids is 1. The summed E-state index contributed by atoms with van der Waals surface area (Å²) >= 11 is 0. The zero-order valence-electron chi connectivity index (χ0n) is 13.7. The summed E-state index contributed by atoms with van der Waals surface area (Å²) in [7, 11) is 0. The van der Waals surface area contributed by atoms with Gasteiger partial charge in [-0.05, 0) is 43.9 Å². The van der Waals surface area contributed by atoms with Gasteiger partial charge >= 0.3 is 5.97 Å². The number of carbonyl (C=O) groups is 2. The van der Waals surface area contributed by atoms with Crippen molar-refractivity contribution in [3.05, 3.63) is 29.6 Å². The fourth-order valence-corrected chi connectivity index (χ4v) is 3.01. The van der Waals surface area contributed by atoms with E-state index in [0.717, 1.165) is 5.56 Å². The molecule has 1 aromatic carbocycles. The Labute approximate surface area is 135 Å². The quantitative estimate of drug-likeness (QED) is 0.893. The van der Waals surface area contributed by atoms with Crippen LogP contribution in [0.4, 0.5) is 10.1 Å². The summed E-state index contributed by atoms with van der Waals surface area (Å²) in [4.78, 5) is 25.4. The molecule has 0 saturated carbocycles. The number of carboxylic acids is 1. The second-order valence-corrected chi connectivity index (χ2v) is 6.48. The van der Waals surface area contributed by atoms with E-state index in [4.69, 9.17) is 0 Å². The number of nitrogens with one attached hydrogen (secondary N) is 1. The van der Waals surface area contributed by atoms with Gasteiger partial charge in [0.2, 0.25) is 5.91 Å². The normalized spacial score (nSPS) is 23.3. The molecule has 1 saturated heterocycles. The van der Waals surface area contributed by atoms with Crippen molar-refractivity contribution in [1.29, 1.82) is 0 Å². The number of carboxylic acid groups (broad SMARTS) is 1. The molecule has 1 amide bonds. The highest BCUT2D eigenvalue weighted by Crippen LogP contribution is 2.24. The minimum atomic E-state index is -0.835. The molecule has 0 aromatic heterocycles. The second-order valence-electron chi connectivity index (χ2n) is 6.48. The third kappa shape index (κ3) is 4.28. The van der Waals surface area contributed by atoms with Crippen LogP contribution >= 0.6 is 0 Å². The lowest BCUT2D eigenvalue weighted by molar-refractivity contribution is -0.145. The van der Waals surface area contributed by atoms with Gasteiger partial charge in [0.25, 0.3) is 0 Å². The van der Waals surface area contributed by atoms with Crippen LogP contribution in [0, 0.1) is 24.6 Å². The molecule has 1 aliphatic heterocycles. The number of benzene rings is 1. The molecule has 1 heterocycles. The summed E-state index contributed by atoms with van der Waals surface area (Å²) in [6.45, 7) is 6.47. The number of hydrogen-bond acceptors (Lipinski definition) is 3. The number of nitrogens with zero attached hydrogens (tertiary/aromatic N) is 1. The monoisotopic (exact) mass is 322 g/mol. The molecule has 0 aliphatic carbocycles. The standard InChI is InChI=1S/C17H23FN2O3/c1-10-4-5-15(14(18)7-10)19-16(21)12(3)20-8-11(2)6-13(9-20)17(22)23/h4-5,7,11-13H,6,8-9H2,1-3H3,(H,19,21)(H,22,23). The molecular formula is C17H23FN2O3. The van der Waals surface area contributed by atoms with Crippen molar-refractivity contribution in [3.63, 3.8) is 0 Å². The summed E-state index contributed by atoms with van der Waals surface area (Å²) in [5, 5.41) is 11.8. The van der Waals surface area contributed by atoms with Crippen LogP contribution in [0.5, 0.6) is 0 Å². The van der Waals surface area contributed by atoms with E-state index in [1.807, 2.05) is 11.8 Å². The molecule has 6 heteroatoms.